The first-order valence-electron chi connectivity index (χ1n) is 10.3. The Kier molecular flexibility index (Phi) is 4.81. The summed E-state index contributed by atoms with van der Waals surface area (Å²) in [7, 11) is 0. The van der Waals surface area contributed by atoms with E-state index in [0.717, 1.165) is 60.6 Å². The number of piperidine rings is 1. The molecule has 1 atom stereocenters. The molecule has 2 saturated heterocycles. The average molecular weight is 390 g/mol. The van der Waals surface area contributed by atoms with Crippen LogP contribution in [-0.2, 0) is 4.74 Å². The quantitative estimate of drug-likeness (QED) is 0.710. The minimum absolute atomic E-state index is 0.256. The summed E-state index contributed by atoms with van der Waals surface area (Å²) in [5.74, 6) is 1.05. The predicted octanol–water partition coefficient (Wildman–Crippen LogP) is 3.59. The molecule has 6 heteroatoms. The maximum absolute atomic E-state index is 10.8. The van der Waals surface area contributed by atoms with Crippen LogP contribution in [0, 0.1) is 6.92 Å². The van der Waals surface area contributed by atoms with Gasteiger partial charge < -0.3 is 15.2 Å². The van der Waals surface area contributed by atoms with Crippen molar-refractivity contribution in [1.82, 2.24) is 15.1 Å². The fourth-order valence-corrected chi connectivity index (χ4v) is 4.37. The van der Waals surface area contributed by atoms with Crippen molar-refractivity contribution in [2.75, 3.05) is 31.6 Å². The third-order valence-electron chi connectivity index (χ3n) is 6.08. The fourth-order valence-electron chi connectivity index (χ4n) is 4.37. The van der Waals surface area contributed by atoms with E-state index in [4.69, 9.17) is 4.74 Å². The molecule has 0 bridgehead atoms. The Morgan fingerprint density at radius 1 is 1.14 bits per heavy atom. The Morgan fingerprint density at radius 3 is 2.79 bits per heavy atom. The Balaban J connectivity index is 1.36. The van der Waals surface area contributed by atoms with E-state index < -0.39 is 0 Å². The van der Waals surface area contributed by atoms with Crippen molar-refractivity contribution in [3.05, 3.63) is 48.0 Å². The number of aryl methyl sites for hydroxylation is 1. The fraction of sp³-hybridized carbons (Fsp3) is 0.391. The van der Waals surface area contributed by atoms with Crippen molar-refractivity contribution >= 4 is 16.6 Å². The van der Waals surface area contributed by atoms with Crippen LogP contribution in [0.2, 0.25) is 0 Å². The molecule has 3 aromatic rings. The highest BCUT2D eigenvalue weighted by atomic mass is 16.5. The number of nitrogens with one attached hydrogen (secondary N) is 1. The van der Waals surface area contributed by atoms with E-state index in [-0.39, 0.29) is 5.75 Å². The Labute approximate surface area is 170 Å². The van der Waals surface area contributed by atoms with Gasteiger partial charge >= 0.3 is 0 Å². The molecular weight excluding hydrogens is 364 g/mol. The molecule has 2 fully saturated rings. The summed E-state index contributed by atoms with van der Waals surface area (Å²) in [6.45, 7) is 5.90. The predicted molar refractivity (Wildman–Crippen MR) is 114 cm³/mol. The number of anilines is 1. The summed E-state index contributed by atoms with van der Waals surface area (Å²) in [4.78, 5) is 2.52. The molecule has 2 aliphatic rings. The molecule has 29 heavy (non-hydrogen) atoms. The smallest absolute Gasteiger partial charge is 0.149 e. The molecule has 1 aromatic heterocycles. The zero-order valence-electron chi connectivity index (χ0n) is 16.6. The molecule has 0 aliphatic carbocycles. The highest BCUT2D eigenvalue weighted by molar-refractivity contribution is 5.94. The van der Waals surface area contributed by atoms with Gasteiger partial charge in [0, 0.05) is 23.5 Å². The maximum Gasteiger partial charge on any atom is 0.149 e. The van der Waals surface area contributed by atoms with Gasteiger partial charge in [-0.2, -0.15) is 0 Å². The van der Waals surface area contributed by atoms with Crippen LogP contribution in [0.5, 0.6) is 5.75 Å². The topological polar surface area (TPSA) is 70.5 Å². The molecule has 5 rings (SSSR count). The number of aromatic hydroxyl groups is 1. The molecule has 6 nitrogen and oxygen atoms in total. The second-order valence-electron chi connectivity index (χ2n) is 8.11. The summed E-state index contributed by atoms with van der Waals surface area (Å²) >= 11 is 0. The van der Waals surface area contributed by atoms with Gasteiger partial charge in [-0.15, -0.1) is 10.2 Å². The molecule has 0 spiro atoms. The monoisotopic (exact) mass is 390 g/mol. The molecule has 2 aromatic carbocycles. The number of nitrogens with zero attached hydrogens (tertiary/aromatic N) is 3. The zero-order chi connectivity index (χ0) is 19.8. The van der Waals surface area contributed by atoms with Gasteiger partial charge in [0.15, 0.2) is 0 Å². The first-order chi connectivity index (χ1) is 14.2. The van der Waals surface area contributed by atoms with Gasteiger partial charge in [0.05, 0.1) is 24.9 Å². The Hall–Kier alpha value is -2.70. The highest BCUT2D eigenvalue weighted by Crippen LogP contribution is 2.36. The van der Waals surface area contributed by atoms with Crippen molar-refractivity contribution < 1.29 is 9.84 Å². The lowest BCUT2D eigenvalue weighted by atomic mass is 10.0. The Bertz CT molecular complexity index is 1030. The lowest BCUT2D eigenvalue weighted by Gasteiger charge is -2.42. The summed E-state index contributed by atoms with van der Waals surface area (Å²) in [6, 6.07) is 14.7. The van der Waals surface area contributed by atoms with Crippen LogP contribution < -0.4 is 5.32 Å². The van der Waals surface area contributed by atoms with Gasteiger partial charge in [-0.3, -0.25) is 4.90 Å². The van der Waals surface area contributed by atoms with Crippen LogP contribution in [0.3, 0.4) is 0 Å². The number of hydrogen-bond acceptors (Lipinski definition) is 6. The number of aromatic nitrogens is 2. The molecule has 0 unspecified atom stereocenters. The SMILES string of the molecule is Cc1cc(N[C@H]2CCCN(C3COC3)C2)nnc1-c1ccc2ccccc2c1O. The summed E-state index contributed by atoms with van der Waals surface area (Å²) in [5, 5.41) is 25.0. The van der Waals surface area contributed by atoms with E-state index in [2.05, 4.69) is 20.4 Å². The van der Waals surface area contributed by atoms with E-state index >= 15 is 0 Å². The van der Waals surface area contributed by atoms with Crippen molar-refractivity contribution in [1.29, 1.82) is 0 Å². The van der Waals surface area contributed by atoms with Crippen LogP contribution in [0.4, 0.5) is 5.82 Å². The van der Waals surface area contributed by atoms with Crippen molar-refractivity contribution in [3.63, 3.8) is 0 Å². The largest absolute Gasteiger partial charge is 0.507 e. The lowest BCUT2D eigenvalue weighted by Crippen LogP contribution is -2.54. The van der Waals surface area contributed by atoms with Crippen LogP contribution in [0.25, 0.3) is 22.0 Å². The summed E-state index contributed by atoms with van der Waals surface area (Å²) in [6.07, 6.45) is 2.32. The summed E-state index contributed by atoms with van der Waals surface area (Å²) < 4.78 is 5.34. The van der Waals surface area contributed by atoms with E-state index in [1.165, 1.54) is 6.42 Å². The normalized spacial score (nSPS) is 20.5. The number of fused-ring (bicyclic) bond motifs is 1. The van der Waals surface area contributed by atoms with Gasteiger partial charge in [0.2, 0.25) is 0 Å². The zero-order valence-corrected chi connectivity index (χ0v) is 16.6. The molecule has 0 saturated carbocycles. The van der Waals surface area contributed by atoms with E-state index in [9.17, 15) is 5.11 Å². The molecule has 2 aliphatic heterocycles. The number of phenolic OH excluding ortho intramolecular Hbond substituents is 1. The van der Waals surface area contributed by atoms with Crippen molar-refractivity contribution in [2.24, 2.45) is 0 Å². The van der Waals surface area contributed by atoms with Gasteiger partial charge in [-0.1, -0.05) is 30.3 Å². The van der Waals surface area contributed by atoms with Gasteiger partial charge in [0.25, 0.3) is 0 Å². The Morgan fingerprint density at radius 2 is 2.00 bits per heavy atom. The number of rotatable bonds is 4. The number of benzene rings is 2. The lowest BCUT2D eigenvalue weighted by molar-refractivity contribution is -0.0710. The first kappa shape index (κ1) is 18.3. The molecule has 0 radical (unpaired) electrons. The minimum Gasteiger partial charge on any atom is -0.507 e. The third kappa shape index (κ3) is 3.54. The van der Waals surface area contributed by atoms with Gasteiger partial charge in [0.1, 0.15) is 11.6 Å². The van der Waals surface area contributed by atoms with E-state index in [1.807, 2.05) is 49.4 Å². The maximum atomic E-state index is 10.8. The van der Waals surface area contributed by atoms with Crippen LogP contribution >= 0.6 is 0 Å². The molecular formula is C23H26N4O2. The van der Waals surface area contributed by atoms with Crippen molar-refractivity contribution in [2.45, 2.75) is 31.8 Å². The minimum atomic E-state index is 0.256. The van der Waals surface area contributed by atoms with Gasteiger partial charge in [-0.25, -0.2) is 0 Å². The average Bonchev–Trinajstić information content (AvgIpc) is 2.68. The summed E-state index contributed by atoms with van der Waals surface area (Å²) in [5.41, 5.74) is 2.43. The molecule has 3 heterocycles. The van der Waals surface area contributed by atoms with Crippen LogP contribution in [-0.4, -0.2) is 58.6 Å². The van der Waals surface area contributed by atoms with E-state index in [0.29, 0.717) is 17.6 Å². The van der Waals surface area contributed by atoms with Crippen molar-refractivity contribution in [3.8, 4) is 17.0 Å². The number of hydrogen-bond donors (Lipinski definition) is 2. The van der Waals surface area contributed by atoms with Crippen LogP contribution in [0.1, 0.15) is 18.4 Å². The molecule has 150 valence electrons. The van der Waals surface area contributed by atoms with Gasteiger partial charge in [-0.05, 0) is 49.4 Å². The standard InChI is InChI=1S/C23H26N4O2/c1-15-11-21(24-17-6-4-10-27(12-17)18-13-29-14-18)25-26-22(15)20-9-8-16-5-2-3-7-19(16)23(20)28/h2-3,5,7-9,11,17-18,28H,4,6,10,12-14H2,1H3,(H,24,25)/t17-/m0/s1. The first-order valence-corrected chi connectivity index (χ1v) is 10.3. The second kappa shape index (κ2) is 7.61. The van der Waals surface area contributed by atoms with Crippen LogP contribution in [0.15, 0.2) is 42.5 Å². The second-order valence-corrected chi connectivity index (χ2v) is 8.11. The molecule has 0 amide bonds. The number of ether oxygens (including phenoxy) is 1. The van der Waals surface area contributed by atoms with E-state index in [1.54, 1.807) is 0 Å². The number of phenols is 1. The highest BCUT2D eigenvalue weighted by Gasteiger charge is 2.30. The molecule has 2 N–H and O–H groups in total. The third-order valence-corrected chi connectivity index (χ3v) is 6.08. The number of likely N-dealkylation sites (tertiary alicyclic amines) is 1.